The van der Waals surface area contributed by atoms with Crippen LogP contribution in [0, 0.1) is 3.57 Å². The van der Waals surface area contributed by atoms with Crippen LogP contribution < -0.4 is 4.74 Å². The molecule has 0 fully saturated rings. The van der Waals surface area contributed by atoms with E-state index in [1.54, 1.807) is 23.9 Å². The summed E-state index contributed by atoms with van der Waals surface area (Å²) < 4.78 is 12.4. The highest BCUT2D eigenvalue weighted by molar-refractivity contribution is 14.1. The fourth-order valence-corrected chi connectivity index (χ4v) is 2.68. The largest absolute Gasteiger partial charge is 0.492 e. The van der Waals surface area contributed by atoms with Crippen LogP contribution in [0.2, 0.25) is 0 Å². The van der Waals surface area contributed by atoms with E-state index in [1.807, 2.05) is 52.0 Å². The zero-order valence-electron chi connectivity index (χ0n) is 17.1. The number of hydrogen-bond acceptors (Lipinski definition) is 4. The lowest BCUT2D eigenvalue weighted by molar-refractivity contribution is -0.129. The average Bonchev–Trinajstić information content (AvgIpc) is 2.56. The number of rotatable bonds is 8. The summed E-state index contributed by atoms with van der Waals surface area (Å²) >= 11 is 2.24. The Bertz CT molecular complexity index is 611. The number of benzene rings is 1. The van der Waals surface area contributed by atoms with Crippen molar-refractivity contribution in [3.05, 3.63) is 27.8 Å². The van der Waals surface area contributed by atoms with Crippen molar-refractivity contribution in [2.75, 3.05) is 27.2 Å². The van der Waals surface area contributed by atoms with E-state index in [2.05, 4.69) is 22.6 Å². The molecule has 0 saturated carbocycles. The molecule has 7 heteroatoms. The van der Waals surface area contributed by atoms with E-state index in [0.717, 1.165) is 9.32 Å². The number of carbonyl (C=O) groups excluding carboxylic acids is 2. The van der Waals surface area contributed by atoms with Crippen LogP contribution in [0.15, 0.2) is 24.3 Å². The van der Waals surface area contributed by atoms with Crippen molar-refractivity contribution in [3.8, 4) is 5.75 Å². The lowest BCUT2D eigenvalue weighted by atomic mass is 10.1. The second-order valence-corrected chi connectivity index (χ2v) is 8.90. The molecule has 0 bridgehead atoms. The van der Waals surface area contributed by atoms with Crippen molar-refractivity contribution in [1.29, 1.82) is 0 Å². The Labute approximate surface area is 176 Å². The SMILES string of the molecule is CC(CCC(=O)N(C)C)N(CCOc1ccc(I)cc1)C(=O)OC(C)(C)C. The lowest BCUT2D eigenvalue weighted by Gasteiger charge is -2.32. The summed E-state index contributed by atoms with van der Waals surface area (Å²) in [7, 11) is 3.46. The van der Waals surface area contributed by atoms with Crippen LogP contribution in [0.25, 0.3) is 0 Å². The molecular weight excluding hydrogens is 459 g/mol. The van der Waals surface area contributed by atoms with Crippen molar-refractivity contribution < 1.29 is 19.1 Å². The van der Waals surface area contributed by atoms with Crippen LogP contribution in [0.5, 0.6) is 5.75 Å². The second kappa shape index (κ2) is 10.7. The highest BCUT2D eigenvalue weighted by Crippen LogP contribution is 2.16. The monoisotopic (exact) mass is 490 g/mol. The van der Waals surface area contributed by atoms with Crippen molar-refractivity contribution in [2.24, 2.45) is 0 Å². The molecule has 152 valence electrons. The minimum atomic E-state index is -0.578. The van der Waals surface area contributed by atoms with E-state index in [9.17, 15) is 9.59 Å². The second-order valence-electron chi connectivity index (χ2n) is 7.65. The van der Waals surface area contributed by atoms with Crippen molar-refractivity contribution in [3.63, 3.8) is 0 Å². The molecular formula is C20H31IN2O4. The van der Waals surface area contributed by atoms with Gasteiger partial charge in [0, 0.05) is 30.1 Å². The van der Waals surface area contributed by atoms with Gasteiger partial charge in [-0.3, -0.25) is 4.79 Å². The summed E-state index contributed by atoms with van der Waals surface area (Å²) in [6.07, 6.45) is 0.559. The normalized spacial score (nSPS) is 12.3. The van der Waals surface area contributed by atoms with E-state index in [4.69, 9.17) is 9.47 Å². The standard InChI is InChI=1S/C20H31IN2O4/c1-15(7-12-18(24)22(5)6)23(19(25)27-20(2,3)4)13-14-26-17-10-8-16(21)9-11-17/h8-11,15H,7,12-14H2,1-6H3. The fraction of sp³-hybridized carbons (Fsp3) is 0.600. The molecule has 1 rings (SSSR count). The first-order valence-corrected chi connectivity index (χ1v) is 10.2. The van der Waals surface area contributed by atoms with Gasteiger partial charge >= 0.3 is 6.09 Å². The van der Waals surface area contributed by atoms with Crippen LogP contribution in [0.3, 0.4) is 0 Å². The average molecular weight is 490 g/mol. The van der Waals surface area contributed by atoms with Crippen LogP contribution in [0.4, 0.5) is 4.79 Å². The van der Waals surface area contributed by atoms with E-state index in [0.29, 0.717) is 26.0 Å². The zero-order chi connectivity index (χ0) is 20.6. The Hall–Kier alpha value is -1.51. The van der Waals surface area contributed by atoms with Crippen LogP contribution in [-0.2, 0) is 9.53 Å². The Morgan fingerprint density at radius 3 is 2.26 bits per heavy atom. The summed E-state index contributed by atoms with van der Waals surface area (Å²) in [6, 6.07) is 7.61. The van der Waals surface area contributed by atoms with Gasteiger partial charge in [0.1, 0.15) is 18.0 Å². The van der Waals surface area contributed by atoms with Gasteiger partial charge in [0.15, 0.2) is 0 Å². The molecule has 0 saturated heterocycles. The molecule has 0 spiro atoms. The van der Waals surface area contributed by atoms with Gasteiger partial charge in [-0.25, -0.2) is 4.79 Å². The minimum absolute atomic E-state index is 0.0427. The van der Waals surface area contributed by atoms with Crippen molar-refractivity contribution in [1.82, 2.24) is 9.80 Å². The van der Waals surface area contributed by atoms with E-state index < -0.39 is 11.7 Å². The Morgan fingerprint density at radius 2 is 1.74 bits per heavy atom. The van der Waals surface area contributed by atoms with Crippen molar-refractivity contribution >= 4 is 34.6 Å². The van der Waals surface area contributed by atoms with E-state index in [1.165, 1.54) is 0 Å². The molecule has 0 aliphatic rings. The molecule has 0 aliphatic heterocycles. The molecule has 27 heavy (non-hydrogen) atoms. The van der Waals surface area contributed by atoms with E-state index >= 15 is 0 Å². The molecule has 0 N–H and O–H groups in total. The first kappa shape index (κ1) is 23.5. The summed E-state index contributed by atoms with van der Waals surface area (Å²) in [5, 5.41) is 0. The number of carbonyl (C=O) groups is 2. The smallest absolute Gasteiger partial charge is 0.410 e. The highest BCUT2D eigenvalue weighted by atomic mass is 127. The van der Waals surface area contributed by atoms with Gasteiger partial charge in [-0.05, 0) is 81.0 Å². The molecule has 2 amide bonds. The van der Waals surface area contributed by atoms with Gasteiger partial charge in [-0.15, -0.1) is 0 Å². The minimum Gasteiger partial charge on any atom is -0.492 e. The van der Waals surface area contributed by atoms with Crippen LogP contribution in [-0.4, -0.2) is 60.7 Å². The third-order valence-electron chi connectivity index (χ3n) is 3.85. The van der Waals surface area contributed by atoms with Gasteiger partial charge in [0.25, 0.3) is 0 Å². The maximum Gasteiger partial charge on any atom is 0.410 e. The molecule has 0 radical (unpaired) electrons. The molecule has 0 aliphatic carbocycles. The molecule has 1 atom stereocenters. The Morgan fingerprint density at radius 1 is 1.15 bits per heavy atom. The quantitative estimate of drug-likeness (QED) is 0.514. The third-order valence-corrected chi connectivity index (χ3v) is 4.57. The fourth-order valence-electron chi connectivity index (χ4n) is 2.32. The Kier molecular flexibility index (Phi) is 9.35. The molecule has 0 heterocycles. The van der Waals surface area contributed by atoms with Crippen molar-refractivity contribution in [2.45, 2.75) is 52.2 Å². The Balaban J connectivity index is 2.69. The maximum absolute atomic E-state index is 12.6. The molecule has 6 nitrogen and oxygen atoms in total. The maximum atomic E-state index is 12.6. The molecule has 0 aromatic heterocycles. The number of nitrogens with zero attached hydrogens (tertiary/aromatic N) is 2. The molecule has 1 aromatic rings. The molecule has 1 unspecified atom stereocenters. The van der Waals surface area contributed by atoms with Gasteiger partial charge < -0.3 is 19.3 Å². The van der Waals surface area contributed by atoms with Gasteiger partial charge in [-0.1, -0.05) is 0 Å². The summed E-state index contributed by atoms with van der Waals surface area (Å²) in [5.41, 5.74) is -0.578. The summed E-state index contributed by atoms with van der Waals surface area (Å²) in [4.78, 5) is 27.7. The highest BCUT2D eigenvalue weighted by Gasteiger charge is 2.26. The van der Waals surface area contributed by atoms with Crippen LogP contribution >= 0.6 is 22.6 Å². The number of amides is 2. The predicted octanol–water partition coefficient (Wildman–Crippen LogP) is 4.16. The summed E-state index contributed by atoms with van der Waals surface area (Å²) in [5.74, 6) is 0.802. The summed E-state index contributed by atoms with van der Waals surface area (Å²) in [6.45, 7) is 8.18. The number of hydrogen-bond donors (Lipinski definition) is 0. The topological polar surface area (TPSA) is 59.1 Å². The third kappa shape index (κ3) is 9.30. The number of ether oxygens (including phenoxy) is 2. The molecule has 1 aromatic carbocycles. The predicted molar refractivity (Wildman–Crippen MR) is 115 cm³/mol. The van der Waals surface area contributed by atoms with Gasteiger partial charge in [0.2, 0.25) is 5.91 Å². The lowest BCUT2D eigenvalue weighted by Crippen LogP contribution is -2.44. The van der Waals surface area contributed by atoms with E-state index in [-0.39, 0.29) is 11.9 Å². The zero-order valence-corrected chi connectivity index (χ0v) is 19.3. The van der Waals surface area contributed by atoms with Gasteiger partial charge in [0.05, 0.1) is 6.54 Å². The first-order valence-electron chi connectivity index (χ1n) is 9.07. The first-order chi connectivity index (χ1) is 12.5. The van der Waals surface area contributed by atoms with Crippen LogP contribution in [0.1, 0.15) is 40.5 Å². The van der Waals surface area contributed by atoms with Gasteiger partial charge in [-0.2, -0.15) is 0 Å². The number of halogens is 1.